The average Bonchev–Trinajstić information content (AvgIpc) is 2.48. The normalized spacial score (nSPS) is 28.4. The van der Waals surface area contributed by atoms with Gasteiger partial charge in [-0.2, -0.15) is 5.06 Å². The third-order valence-electron chi connectivity index (χ3n) is 4.58. The van der Waals surface area contributed by atoms with Gasteiger partial charge in [0.05, 0.1) is 11.1 Å². The van der Waals surface area contributed by atoms with Gasteiger partial charge in [0.2, 0.25) is 0 Å². The summed E-state index contributed by atoms with van der Waals surface area (Å²) in [7, 11) is 0. The molecule has 1 fully saturated rings. The molecular formula is C15H28N2O. The summed E-state index contributed by atoms with van der Waals surface area (Å²) in [6.07, 6.45) is 8.93. The zero-order valence-corrected chi connectivity index (χ0v) is 12.3. The molecule has 3 nitrogen and oxygen atoms in total. The van der Waals surface area contributed by atoms with Crippen molar-refractivity contribution in [2.45, 2.75) is 76.9 Å². The molecular weight excluding hydrogens is 224 g/mol. The van der Waals surface area contributed by atoms with Crippen LogP contribution in [-0.2, 0) is 0 Å². The van der Waals surface area contributed by atoms with Crippen molar-refractivity contribution >= 4 is 0 Å². The molecule has 1 saturated carbocycles. The highest BCUT2D eigenvalue weighted by Gasteiger charge is 2.44. The van der Waals surface area contributed by atoms with Gasteiger partial charge in [0, 0.05) is 12.6 Å². The first-order chi connectivity index (χ1) is 8.34. The van der Waals surface area contributed by atoms with E-state index in [1.807, 2.05) is 0 Å². The summed E-state index contributed by atoms with van der Waals surface area (Å²) in [4.78, 5) is 0. The van der Waals surface area contributed by atoms with Gasteiger partial charge in [-0.1, -0.05) is 25.3 Å². The minimum Gasteiger partial charge on any atom is -0.312 e. The van der Waals surface area contributed by atoms with E-state index in [9.17, 15) is 5.21 Å². The first-order valence-electron chi connectivity index (χ1n) is 7.29. The zero-order valence-electron chi connectivity index (χ0n) is 12.3. The zero-order chi connectivity index (χ0) is 13.4. The summed E-state index contributed by atoms with van der Waals surface area (Å²) >= 11 is 0. The van der Waals surface area contributed by atoms with E-state index in [4.69, 9.17) is 0 Å². The Morgan fingerprint density at radius 2 is 1.83 bits per heavy atom. The van der Waals surface area contributed by atoms with Gasteiger partial charge in [-0.25, -0.2) is 0 Å². The van der Waals surface area contributed by atoms with Crippen LogP contribution in [0, 0.1) is 0 Å². The number of hydrogen-bond acceptors (Lipinski definition) is 3. The minimum absolute atomic E-state index is 0.257. The Kier molecular flexibility index (Phi) is 3.86. The molecule has 0 aromatic rings. The second-order valence-corrected chi connectivity index (χ2v) is 6.91. The number of nitrogens with one attached hydrogen (secondary N) is 1. The van der Waals surface area contributed by atoms with E-state index >= 15 is 0 Å². The molecule has 3 heteroatoms. The van der Waals surface area contributed by atoms with Crippen LogP contribution in [0.4, 0.5) is 0 Å². The molecule has 18 heavy (non-hydrogen) atoms. The van der Waals surface area contributed by atoms with Crippen LogP contribution in [0.1, 0.15) is 59.8 Å². The lowest BCUT2D eigenvalue weighted by atomic mass is 9.93. The van der Waals surface area contributed by atoms with Crippen LogP contribution in [0.2, 0.25) is 0 Å². The van der Waals surface area contributed by atoms with Crippen molar-refractivity contribution in [3.63, 3.8) is 0 Å². The SMILES string of the molecule is CC1(C)C=C(CNC2CCCCC2)C(C)(C)N1O. The van der Waals surface area contributed by atoms with E-state index in [2.05, 4.69) is 39.1 Å². The molecule has 0 spiro atoms. The number of hydroxylamine groups is 2. The maximum absolute atomic E-state index is 10.2. The molecule has 2 rings (SSSR count). The maximum Gasteiger partial charge on any atom is 0.0635 e. The van der Waals surface area contributed by atoms with Crippen LogP contribution in [0.15, 0.2) is 11.6 Å². The fourth-order valence-electron chi connectivity index (χ4n) is 3.35. The Morgan fingerprint density at radius 3 is 2.33 bits per heavy atom. The van der Waals surface area contributed by atoms with Crippen LogP contribution in [0.5, 0.6) is 0 Å². The van der Waals surface area contributed by atoms with Crippen LogP contribution < -0.4 is 5.32 Å². The average molecular weight is 252 g/mol. The largest absolute Gasteiger partial charge is 0.312 e. The van der Waals surface area contributed by atoms with Crippen molar-refractivity contribution in [2.24, 2.45) is 0 Å². The first kappa shape index (κ1) is 14.0. The highest BCUT2D eigenvalue weighted by molar-refractivity contribution is 5.30. The molecule has 0 bridgehead atoms. The summed E-state index contributed by atoms with van der Waals surface area (Å²) in [5, 5.41) is 15.4. The Balaban J connectivity index is 1.96. The van der Waals surface area contributed by atoms with Crippen molar-refractivity contribution in [3.05, 3.63) is 11.6 Å². The summed E-state index contributed by atoms with van der Waals surface area (Å²) in [6.45, 7) is 9.20. The number of hydrogen-bond donors (Lipinski definition) is 2. The van der Waals surface area contributed by atoms with Crippen LogP contribution in [0.3, 0.4) is 0 Å². The first-order valence-corrected chi connectivity index (χ1v) is 7.29. The quantitative estimate of drug-likeness (QED) is 0.758. The lowest BCUT2D eigenvalue weighted by molar-refractivity contribution is -0.185. The van der Waals surface area contributed by atoms with E-state index in [-0.39, 0.29) is 11.1 Å². The Labute approximate surface area is 111 Å². The van der Waals surface area contributed by atoms with Gasteiger partial charge >= 0.3 is 0 Å². The Bertz CT molecular complexity index is 327. The predicted octanol–water partition coefficient (Wildman–Crippen LogP) is 3.10. The van der Waals surface area contributed by atoms with Gasteiger partial charge in [-0.3, -0.25) is 0 Å². The molecule has 104 valence electrons. The fourth-order valence-corrected chi connectivity index (χ4v) is 3.35. The molecule has 0 amide bonds. The monoisotopic (exact) mass is 252 g/mol. The summed E-state index contributed by atoms with van der Waals surface area (Å²) in [6, 6.07) is 0.673. The van der Waals surface area contributed by atoms with Gasteiger partial charge in [0.25, 0.3) is 0 Å². The van der Waals surface area contributed by atoms with E-state index in [0.717, 1.165) is 6.54 Å². The number of nitrogens with zero attached hydrogens (tertiary/aromatic N) is 1. The third-order valence-corrected chi connectivity index (χ3v) is 4.58. The molecule has 0 radical (unpaired) electrons. The topological polar surface area (TPSA) is 35.5 Å². The molecule has 2 aliphatic rings. The summed E-state index contributed by atoms with van der Waals surface area (Å²) in [5.41, 5.74) is 0.790. The van der Waals surface area contributed by atoms with Crippen molar-refractivity contribution in [1.82, 2.24) is 10.4 Å². The Morgan fingerprint density at radius 1 is 1.22 bits per heavy atom. The fraction of sp³-hybridized carbons (Fsp3) is 0.867. The van der Waals surface area contributed by atoms with Gasteiger partial charge in [-0.15, -0.1) is 0 Å². The van der Waals surface area contributed by atoms with E-state index in [1.165, 1.54) is 42.7 Å². The van der Waals surface area contributed by atoms with E-state index in [1.54, 1.807) is 0 Å². The van der Waals surface area contributed by atoms with Crippen LogP contribution in [0.25, 0.3) is 0 Å². The lowest BCUT2D eigenvalue weighted by Gasteiger charge is -2.36. The molecule has 2 N–H and O–H groups in total. The highest BCUT2D eigenvalue weighted by Crippen LogP contribution is 2.37. The van der Waals surface area contributed by atoms with Crippen molar-refractivity contribution in [2.75, 3.05) is 6.54 Å². The molecule has 1 aliphatic carbocycles. The van der Waals surface area contributed by atoms with E-state index < -0.39 is 0 Å². The van der Waals surface area contributed by atoms with Gasteiger partial charge < -0.3 is 10.5 Å². The van der Waals surface area contributed by atoms with Crippen molar-refractivity contribution in [1.29, 1.82) is 0 Å². The maximum atomic E-state index is 10.2. The molecule has 1 aliphatic heterocycles. The van der Waals surface area contributed by atoms with Gasteiger partial charge in [0.15, 0.2) is 0 Å². The molecule has 0 aromatic heterocycles. The number of rotatable bonds is 3. The molecule has 1 heterocycles. The smallest absolute Gasteiger partial charge is 0.0635 e. The van der Waals surface area contributed by atoms with E-state index in [0.29, 0.717) is 6.04 Å². The summed E-state index contributed by atoms with van der Waals surface area (Å²) < 4.78 is 0. The second-order valence-electron chi connectivity index (χ2n) is 6.91. The Hall–Kier alpha value is -0.380. The molecule has 0 atom stereocenters. The molecule has 0 aromatic carbocycles. The van der Waals surface area contributed by atoms with Crippen molar-refractivity contribution < 1.29 is 5.21 Å². The lowest BCUT2D eigenvalue weighted by Crippen LogP contribution is -2.49. The minimum atomic E-state index is -0.259. The molecule has 0 saturated heterocycles. The standard InChI is InChI=1S/C15H28N2O/c1-14(2)10-12(15(3,4)17(14)18)11-16-13-8-6-5-7-9-13/h10,13,16,18H,5-9,11H2,1-4H3. The highest BCUT2D eigenvalue weighted by atomic mass is 16.5. The summed E-state index contributed by atoms with van der Waals surface area (Å²) in [5.74, 6) is 0. The predicted molar refractivity (Wildman–Crippen MR) is 74.7 cm³/mol. The third kappa shape index (κ3) is 2.63. The van der Waals surface area contributed by atoms with Gasteiger partial charge in [-0.05, 0) is 46.1 Å². The van der Waals surface area contributed by atoms with Gasteiger partial charge in [0.1, 0.15) is 0 Å². The van der Waals surface area contributed by atoms with Crippen LogP contribution in [-0.4, -0.2) is 33.9 Å². The molecule has 0 unspecified atom stereocenters. The van der Waals surface area contributed by atoms with Crippen molar-refractivity contribution in [3.8, 4) is 0 Å². The second kappa shape index (κ2) is 4.95. The van der Waals surface area contributed by atoms with Crippen LogP contribution >= 0.6 is 0 Å².